The number of rotatable bonds is 3. The lowest BCUT2D eigenvalue weighted by Gasteiger charge is -2.09. The first-order valence-corrected chi connectivity index (χ1v) is 6.31. The molecule has 0 aliphatic rings. The molecule has 0 saturated heterocycles. The second-order valence-electron chi connectivity index (χ2n) is 4.47. The van der Waals surface area contributed by atoms with Crippen molar-refractivity contribution in [3.63, 3.8) is 0 Å². The lowest BCUT2D eigenvalue weighted by molar-refractivity contribution is 0.0600. The van der Waals surface area contributed by atoms with E-state index < -0.39 is 5.97 Å². The smallest absolute Gasteiger partial charge is 0.337 e. The summed E-state index contributed by atoms with van der Waals surface area (Å²) in [6.45, 7) is 1.67. The van der Waals surface area contributed by atoms with Gasteiger partial charge in [-0.15, -0.1) is 0 Å². The van der Waals surface area contributed by atoms with Crippen LogP contribution in [-0.4, -0.2) is 24.1 Å². The Bertz CT molecular complexity index is 677. The minimum Gasteiger partial charge on any atom is -0.508 e. The van der Waals surface area contributed by atoms with Crippen LogP contribution in [0.5, 0.6) is 5.75 Å². The second kappa shape index (κ2) is 6.09. The number of hydrogen-bond acceptors (Lipinski definition) is 4. The second-order valence-corrected chi connectivity index (χ2v) is 4.47. The first kappa shape index (κ1) is 14.6. The maximum Gasteiger partial charge on any atom is 0.337 e. The summed E-state index contributed by atoms with van der Waals surface area (Å²) in [5, 5.41) is 12.3. The summed E-state index contributed by atoms with van der Waals surface area (Å²) in [4.78, 5) is 23.5. The van der Waals surface area contributed by atoms with Crippen molar-refractivity contribution in [1.29, 1.82) is 0 Å². The van der Waals surface area contributed by atoms with Crippen molar-refractivity contribution in [2.45, 2.75) is 6.92 Å². The molecule has 2 aromatic carbocycles. The van der Waals surface area contributed by atoms with Crippen molar-refractivity contribution >= 4 is 17.6 Å². The van der Waals surface area contributed by atoms with Crippen molar-refractivity contribution in [2.75, 3.05) is 12.4 Å². The van der Waals surface area contributed by atoms with E-state index >= 15 is 0 Å². The van der Waals surface area contributed by atoms with E-state index in [1.54, 1.807) is 43.3 Å². The molecule has 0 fully saturated rings. The molecule has 0 aromatic heterocycles. The van der Waals surface area contributed by atoms with Gasteiger partial charge < -0.3 is 15.2 Å². The van der Waals surface area contributed by atoms with E-state index in [-0.39, 0.29) is 11.7 Å². The Morgan fingerprint density at radius 3 is 2.38 bits per heavy atom. The molecular formula is C16H15NO4. The van der Waals surface area contributed by atoms with E-state index in [9.17, 15) is 14.7 Å². The van der Waals surface area contributed by atoms with Gasteiger partial charge in [-0.3, -0.25) is 4.79 Å². The van der Waals surface area contributed by atoms with Crippen LogP contribution in [0.4, 0.5) is 5.69 Å². The monoisotopic (exact) mass is 285 g/mol. The van der Waals surface area contributed by atoms with Gasteiger partial charge in [-0.05, 0) is 43.3 Å². The fourth-order valence-electron chi connectivity index (χ4n) is 1.88. The molecule has 21 heavy (non-hydrogen) atoms. The largest absolute Gasteiger partial charge is 0.508 e. The predicted molar refractivity (Wildman–Crippen MR) is 78.6 cm³/mol. The van der Waals surface area contributed by atoms with Gasteiger partial charge >= 0.3 is 5.97 Å². The predicted octanol–water partition coefficient (Wildman–Crippen LogP) is 2.74. The zero-order chi connectivity index (χ0) is 15.4. The summed E-state index contributed by atoms with van der Waals surface area (Å²) in [7, 11) is 1.31. The van der Waals surface area contributed by atoms with Crippen molar-refractivity contribution in [3.8, 4) is 5.75 Å². The highest BCUT2D eigenvalue weighted by Crippen LogP contribution is 2.21. The Kier molecular flexibility index (Phi) is 4.23. The molecule has 2 aromatic rings. The minimum atomic E-state index is -0.434. The lowest BCUT2D eigenvalue weighted by atomic mass is 10.1. The number of carbonyl (C=O) groups excluding carboxylic acids is 2. The molecule has 0 spiro atoms. The van der Waals surface area contributed by atoms with Crippen LogP contribution >= 0.6 is 0 Å². The van der Waals surface area contributed by atoms with Crippen LogP contribution in [-0.2, 0) is 4.74 Å². The van der Waals surface area contributed by atoms with Crippen LogP contribution < -0.4 is 5.32 Å². The van der Waals surface area contributed by atoms with Gasteiger partial charge in [0.1, 0.15) is 5.75 Å². The third-order valence-electron chi connectivity index (χ3n) is 3.11. The first-order chi connectivity index (χ1) is 10.0. The van der Waals surface area contributed by atoms with Crippen LogP contribution in [0.1, 0.15) is 26.3 Å². The van der Waals surface area contributed by atoms with Gasteiger partial charge in [0.15, 0.2) is 0 Å². The lowest BCUT2D eigenvalue weighted by Crippen LogP contribution is -2.13. The number of esters is 1. The van der Waals surface area contributed by atoms with Gasteiger partial charge in [0.25, 0.3) is 5.91 Å². The quantitative estimate of drug-likeness (QED) is 0.850. The van der Waals surface area contributed by atoms with Gasteiger partial charge in [-0.25, -0.2) is 4.79 Å². The Morgan fingerprint density at radius 2 is 1.76 bits per heavy atom. The summed E-state index contributed by atoms with van der Waals surface area (Å²) in [5.41, 5.74) is 1.87. The first-order valence-electron chi connectivity index (χ1n) is 6.31. The molecule has 5 heteroatoms. The third-order valence-corrected chi connectivity index (χ3v) is 3.11. The molecule has 0 bridgehead atoms. The number of phenols is 1. The van der Waals surface area contributed by atoms with Crippen molar-refractivity contribution in [3.05, 3.63) is 59.2 Å². The number of phenolic OH excluding ortho intramolecular Hbond substituents is 1. The highest BCUT2D eigenvalue weighted by Gasteiger charge is 2.12. The Morgan fingerprint density at radius 1 is 1.10 bits per heavy atom. The highest BCUT2D eigenvalue weighted by molar-refractivity contribution is 6.05. The Labute approximate surface area is 122 Å². The molecule has 5 nitrogen and oxygen atoms in total. The summed E-state index contributed by atoms with van der Waals surface area (Å²) < 4.78 is 4.60. The molecule has 0 heterocycles. The van der Waals surface area contributed by atoms with Crippen LogP contribution in [0.2, 0.25) is 0 Å². The molecule has 2 rings (SSSR count). The van der Waals surface area contributed by atoms with E-state index in [2.05, 4.69) is 10.1 Å². The molecule has 0 aliphatic carbocycles. The van der Waals surface area contributed by atoms with Crippen molar-refractivity contribution in [2.24, 2.45) is 0 Å². The van der Waals surface area contributed by atoms with Gasteiger partial charge in [0, 0.05) is 16.8 Å². The third kappa shape index (κ3) is 3.20. The number of aromatic hydroxyl groups is 1. The number of nitrogens with one attached hydrogen (secondary N) is 1. The van der Waals surface area contributed by atoms with Gasteiger partial charge in [-0.1, -0.05) is 6.07 Å². The van der Waals surface area contributed by atoms with E-state index in [1.165, 1.54) is 13.2 Å². The molecular weight excluding hydrogens is 270 g/mol. The van der Waals surface area contributed by atoms with Crippen LogP contribution in [0.3, 0.4) is 0 Å². The average Bonchev–Trinajstić information content (AvgIpc) is 2.50. The standard InChI is InChI=1S/C16H15NO4/c1-10-13(4-3-5-14(10)18)15(19)17-12-8-6-11(7-9-12)16(20)21-2/h3-9,18H,1-2H3,(H,17,19). The van der Waals surface area contributed by atoms with E-state index in [4.69, 9.17) is 0 Å². The van der Waals surface area contributed by atoms with Crippen molar-refractivity contribution < 1.29 is 19.4 Å². The Hall–Kier alpha value is -2.82. The Balaban J connectivity index is 2.16. The number of ether oxygens (including phenoxy) is 1. The topological polar surface area (TPSA) is 75.6 Å². The fraction of sp³-hybridized carbons (Fsp3) is 0.125. The molecule has 0 radical (unpaired) electrons. The summed E-state index contributed by atoms with van der Waals surface area (Å²) in [6, 6.07) is 11.1. The van der Waals surface area contributed by atoms with E-state index in [0.717, 1.165) is 0 Å². The van der Waals surface area contributed by atoms with Gasteiger partial charge in [-0.2, -0.15) is 0 Å². The van der Waals surface area contributed by atoms with E-state index in [1.807, 2.05) is 0 Å². The number of amides is 1. The normalized spacial score (nSPS) is 10.0. The summed E-state index contributed by atoms with van der Waals surface area (Å²) in [6.07, 6.45) is 0. The summed E-state index contributed by atoms with van der Waals surface area (Å²) >= 11 is 0. The zero-order valence-corrected chi connectivity index (χ0v) is 11.7. The molecule has 0 unspecified atom stereocenters. The molecule has 0 atom stereocenters. The van der Waals surface area contributed by atoms with Crippen molar-refractivity contribution in [1.82, 2.24) is 0 Å². The maximum absolute atomic E-state index is 12.1. The van der Waals surface area contributed by atoms with Crippen LogP contribution in [0.15, 0.2) is 42.5 Å². The van der Waals surface area contributed by atoms with Gasteiger partial charge in [0.05, 0.1) is 12.7 Å². The SMILES string of the molecule is COC(=O)c1ccc(NC(=O)c2cccc(O)c2C)cc1. The molecule has 2 N–H and O–H groups in total. The maximum atomic E-state index is 12.1. The zero-order valence-electron chi connectivity index (χ0n) is 11.7. The molecule has 0 saturated carbocycles. The summed E-state index contributed by atoms with van der Waals surface area (Å²) in [5.74, 6) is -0.686. The number of carbonyl (C=O) groups is 2. The number of anilines is 1. The highest BCUT2D eigenvalue weighted by atomic mass is 16.5. The average molecular weight is 285 g/mol. The molecule has 0 aliphatic heterocycles. The van der Waals surface area contributed by atoms with Crippen LogP contribution in [0, 0.1) is 6.92 Å². The van der Waals surface area contributed by atoms with E-state index in [0.29, 0.717) is 22.4 Å². The number of benzene rings is 2. The minimum absolute atomic E-state index is 0.0729. The van der Waals surface area contributed by atoms with Crippen LogP contribution in [0.25, 0.3) is 0 Å². The van der Waals surface area contributed by atoms with Gasteiger partial charge in [0.2, 0.25) is 0 Å². The number of hydrogen-bond donors (Lipinski definition) is 2. The molecule has 1 amide bonds. The fourth-order valence-corrected chi connectivity index (χ4v) is 1.88. The molecule has 108 valence electrons. The number of methoxy groups -OCH3 is 1.